The van der Waals surface area contributed by atoms with E-state index in [4.69, 9.17) is 0 Å². The average Bonchev–Trinajstić information content (AvgIpc) is 2.70. The Morgan fingerprint density at radius 3 is 2.43 bits per heavy atom. The molecular formula is C20H26N4O3S. The maximum Gasteiger partial charge on any atom is 0.281 e. The molecule has 1 saturated heterocycles. The summed E-state index contributed by atoms with van der Waals surface area (Å²) in [4.78, 5) is 16.6. The van der Waals surface area contributed by atoms with E-state index in [2.05, 4.69) is 10.3 Å². The number of amides is 1. The van der Waals surface area contributed by atoms with Crippen molar-refractivity contribution in [3.05, 3.63) is 59.9 Å². The molecule has 1 aromatic heterocycles. The minimum atomic E-state index is -3.49. The number of hydrogen-bond acceptors (Lipinski definition) is 4. The van der Waals surface area contributed by atoms with E-state index in [0.29, 0.717) is 19.4 Å². The van der Waals surface area contributed by atoms with Gasteiger partial charge in [-0.15, -0.1) is 0 Å². The van der Waals surface area contributed by atoms with Gasteiger partial charge in [-0.1, -0.05) is 12.1 Å². The van der Waals surface area contributed by atoms with Gasteiger partial charge < -0.3 is 5.32 Å². The predicted octanol–water partition coefficient (Wildman–Crippen LogP) is 2.13. The number of hydrogen-bond donors (Lipinski definition) is 1. The van der Waals surface area contributed by atoms with Crippen LogP contribution in [0.1, 0.15) is 24.0 Å². The molecule has 1 N–H and O–H groups in total. The largest absolute Gasteiger partial charge is 0.326 e. The molecule has 0 bridgehead atoms. The lowest BCUT2D eigenvalue weighted by Gasteiger charge is -2.32. The van der Waals surface area contributed by atoms with Crippen molar-refractivity contribution in [2.24, 2.45) is 5.92 Å². The molecule has 2 aromatic rings. The number of pyridine rings is 1. The average molecular weight is 403 g/mol. The minimum absolute atomic E-state index is 0.138. The number of rotatable bonds is 6. The standard InChI is InChI=1S/C20H26N4O3S/c1-23(2)28(26,27)24-13-3-4-18(15-24)20(25)22-19-7-5-16(6-8-19)14-17-9-11-21-12-10-17/h5-12,18H,3-4,13-15H2,1-2H3,(H,22,25)/t18-/m1/s1. The number of piperidine rings is 1. The maximum atomic E-state index is 12.6. The summed E-state index contributed by atoms with van der Waals surface area (Å²) in [5.41, 5.74) is 3.04. The van der Waals surface area contributed by atoms with Crippen LogP contribution in [0.25, 0.3) is 0 Å². The third-order valence-corrected chi connectivity index (χ3v) is 6.83. The van der Waals surface area contributed by atoms with Crippen LogP contribution in [-0.4, -0.2) is 55.1 Å². The Labute approximate surface area is 166 Å². The fourth-order valence-corrected chi connectivity index (χ4v) is 4.47. The van der Waals surface area contributed by atoms with Gasteiger partial charge in [-0.25, -0.2) is 0 Å². The predicted molar refractivity (Wildman–Crippen MR) is 109 cm³/mol. The van der Waals surface area contributed by atoms with E-state index in [1.54, 1.807) is 12.4 Å². The second-order valence-electron chi connectivity index (χ2n) is 7.21. The van der Waals surface area contributed by atoms with Crippen molar-refractivity contribution in [3.8, 4) is 0 Å². The topological polar surface area (TPSA) is 82.6 Å². The summed E-state index contributed by atoms with van der Waals surface area (Å²) < 4.78 is 27.2. The summed E-state index contributed by atoms with van der Waals surface area (Å²) in [6, 6.07) is 11.7. The molecule has 1 fully saturated rings. The van der Waals surface area contributed by atoms with Crippen molar-refractivity contribution in [1.82, 2.24) is 13.6 Å². The maximum absolute atomic E-state index is 12.6. The molecular weight excluding hydrogens is 376 g/mol. The number of carbonyl (C=O) groups excluding carboxylic acids is 1. The van der Waals surface area contributed by atoms with E-state index in [1.807, 2.05) is 36.4 Å². The molecule has 150 valence electrons. The molecule has 3 rings (SSSR count). The first-order valence-corrected chi connectivity index (χ1v) is 10.7. The Morgan fingerprint density at radius 2 is 1.79 bits per heavy atom. The van der Waals surface area contributed by atoms with E-state index < -0.39 is 10.2 Å². The molecule has 1 aliphatic heterocycles. The molecule has 28 heavy (non-hydrogen) atoms. The molecule has 0 radical (unpaired) electrons. The van der Waals surface area contributed by atoms with E-state index in [0.717, 1.165) is 17.7 Å². The van der Waals surface area contributed by atoms with Gasteiger partial charge in [0.2, 0.25) is 5.91 Å². The Bertz CT molecular complexity index is 899. The quantitative estimate of drug-likeness (QED) is 0.802. The fourth-order valence-electron chi connectivity index (χ4n) is 3.28. The highest BCUT2D eigenvalue weighted by atomic mass is 32.2. The number of carbonyl (C=O) groups is 1. The highest BCUT2D eigenvalue weighted by Gasteiger charge is 2.33. The lowest BCUT2D eigenvalue weighted by molar-refractivity contribution is -0.120. The van der Waals surface area contributed by atoms with Gasteiger partial charge in [-0.2, -0.15) is 17.0 Å². The number of anilines is 1. The van der Waals surface area contributed by atoms with Crippen molar-refractivity contribution in [2.75, 3.05) is 32.5 Å². The van der Waals surface area contributed by atoms with E-state index in [1.165, 1.54) is 28.3 Å². The summed E-state index contributed by atoms with van der Waals surface area (Å²) in [6.07, 6.45) is 5.71. The zero-order chi connectivity index (χ0) is 20.1. The third kappa shape index (κ3) is 4.95. The fraction of sp³-hybridized carbons (Fsp3) is 0.400. The second-order valence-corrected chi connectivity index (χ2v) is 9.35. The first-order valence-electron chi connectivity index (χ1n) is 9.32. The zero-order valence-corrected chi connectivity index (χ0v) is 17.0. The van der Waals surface area contributed by atoms with Gasteiger partial charge in [0.15, 0.2) is 0 Å². The molecule has 7 nitrogen and oxygen atoms in total. The molecule has 8 heteroatoms. The third-order valence-electron chi connectivity index (χ3n) is 4.92. The molecule has 1 atom stereocenters. The van der Waals surface area contributed by atoms with E-state index in [-0.39, 0.29) is 18.4 Å². The Morgan fingerprint density at radius 1 is 1.14 bits per heavy atom. The number of benzene rings is 1. The highest BCUT2D eigenvalue weighted by molar-refractivity contribution is 7.86. The molecule has 1 aromatic carbocycles. The van der Waals surface area contributed by atoms with Crippen LogP contribution in [0.15, 0.2) is 48.8 Å². The van der Waals surface area contributed by atoms with Crippen LogP contribution in [0.3, 0.4) is 0 Å². The molecule has 2 heterocycles. The van der Waals surface area contributed by atoms with Gasteiger partial charge in [-0.3, -0.25) is 9.78 Å². The monoisotopic (exact) mass is 402 g/mol. The van der Waals surface area contributed by atoms with Crippen LogP contribution in [0, 0.1) is 5.92 Å². The number of aromatic nitrogens is 1. The smallest absolute Gasteiger partial charge is 0.281 e. The first kappa shape index (κ1) is 20.4. The Hall–Kier alpha value is -2.29. The summed E-state index contributed by atoms with van der Waals surface area (Å²) in [6.45, 7) is 0.667. The molecule has 1 aliphatic rings. The van der Waals surface area contributed by atoms with Gasteiger partial charge in [0.25, 0.3) is 10.2 Å². The first-order chi connectivity index (χ1) is 13.4. The summed E-state index contributed by atoms with van der Waals surface area (Å²) in [7, 11) is -0.479. The van der Waals surface area contributed by atoms with Gasteiger partial charge >= 0.3 is 0 Å². The van der Waals surface area contributed by atoms with Crippen molar-refractivity contribution >= 4 is 21.8 Å². The lowest BCUT2D eigenvalue weighted by Crippen LogP contribution is -2.47. The van der Waals surface area contributed by atoms with Gasteiger partial charge in [0.05, 0.1) is 5.92 Å². The van der Waals surface area contributed by atoms with Gasteiger partial charge in [0.1, 0.15) is 0 Å². The molecule has 1 amide bonds. The molecule has 0 aliphatic carbocycles. The number of nitrogens with zero attached hydrogens (tertiary/aromatic N) is 3. The van der Waals surface area contributed by atoms with E-state index in [9.17, 15) is 13.2 Å². The normalized spacial score (nSPS) is 18.2. The van der Waals surface area contributed by atoms with Crippen molar-refractivity contribution in [2.45, 2.75) is 19.3 Å². The van der Waals surface area contributed by atoms with Crippen molar-refractivity contribution in [1.29, 1.82) is 0 Å². The minimum Gasteiger partial charge on any atom is -0.326 e. The Kier molecular flexibility index (Phi) is 6.43. The summed E-state index contributed by atoms with van der Waals surface area (Å²) in [5, 5.41) is 2.92. The van der Waals surface area contributed by atoms with Crippen LogP contribution in [0.5, 0.6) is 0 Å². The van der Waals surface area contributed by atoms with Gasteiger partial charge in [-0.05, 0) is 54.7 Å². The summed E-state index contributed by atoms with van der Waals surface area (Å²) in [5.74, 6) is -0.486. The lowest BCUT2D eigenvalue weighted by atomic mass is 9.98. The Balaban J connectivity index is 1.60. The molecule has 0 unspecified atom stereocenters. The number of nitrogens with one attached hydrogen (secondary N) is 1. The van der Waals surface area contributed by atoms with Crippen LogP contribution in [-0.2, 0) is 21.4 Å². The van der Waals surface area contributed by atoms with Crippen LogP contribution >= 0.6 is 0 Å². The molecule has 0 spiro atoms. The van der Waals surface area contributed by atoms with E-state index >= 15 is 0 Å². The van der Waals surface area contributed by atoms with Crippen LogP contribution in [0.4, 0.5) is 5.69 Å². The highest BCUT2D eigenvalue weighted by Crippen LogP contribution is 2.22. The van der Waals surface area contributed by atoms with Crippen LogP contribution in [0.2, 0.25) is 0 Å². The van der Waals surface area contributed by atoms with Gasteiger partial charge in [0, 0.05) is 45.3 Å². The second kappa shape index (κ2) is 8.81. The molecule has 0 saturated carbocycles. The zero-order valence-electron chi connectivity index (χ0n) is 16.2. The van der Waals surface area contributed by atoms with Crippen LogP contribution < -0.4 is 5.32 Å². The summed E-state index contributed by atoms with van der Waals surface area (Å²) >= 11 is 0. The van der Waals surface area contributed by atoms with Crippen molar-refractivity contribution < 1.29 is 13.2 Å². The SMILES string of the molecule is CN(C)S(=O)(=O)N1CCC[C@@H](C(=O)Nc2ccc(Cc3ccncc3)cc2)C1. The van der Waals surface area contributed by atoms with Crippen molar-refractivity contribution in [3.63, 3.8) is 0 Å².